The lowest BCUT2D eigenvalue weighted by molar-refractivity contribution is -0.201. The Morgan fingerprint density at radius 1 is 1.12 bits per heavy atom. The summed E-state index contributed by atoms with van der Waals surface area (Å²) in [4.78, 5) is 36.8. The Balaban J connectivity index is 3.20. The van der Waals surface area contributed by atoms with Gasteiger partial charge in [-0.3, -0.25) is 14.4 Å². The van der Waals surface area contributed by atoms with Crippen LogP contribution in [0.15, 0.2) is 5.11 Å². The predicted molar refractivity (Wildman–Crippen MR) is 87.5 cm³/mol. The third-order valence-electron chi connectivity index (χ3n) is 3.19. The molecule has 0 unspecified atom stereocenters. The monoisotopic (exact) mass is 375 g/mol. The number of hydrogen-bond donors (Lipinski definition) is 0. The molecule has 0 aliphatic carbocycles. The summed E-state index contributed by atoms with van der Waals surface area (Å²) in [5.74, 6) is -1.13. The molecule has 11 heteroatoms. The summed E-state index contributed by atoms with van der Waals surface area (Å²) >= 11 is 1.33. The molecule has 0 aromatic carbocycles. The van der Waals surface area contributed by atoms with Gasteiger partial charge in [0.15, 0.2) is 0 Å². The maximum absolute atomic E-state index is 11.4. The van der Waals surface area contributed by atoms with Gasteiger partial charge in [0, 0.05) is 25.7 Å². The van der Waals surface area contributed by atoms with Gasteiger partial charge in [-0.05, 0) is 11.3 Å². The largest absolute Gasteiger partial charge is 0.463 e. The lowest BCUT2D eigenvalue weighted by Gasteiger charge is -2.43. The zero-order valence-electron chi connectivity index (χ0n) is 14.4. The van der Waals surface area contributed by atoms with Crippen molar-refractivity contribution in [2.24, 2.45) is 5.11 Å². The van der Waals surface area contributed by atoms with Gasteiger partial charge >= 0.3 is 17.9 Å². The number of nitrogens with zero attached hydrogens (tertiary/aromatic N) is 3. The molecule has 0 aromatic heterocycles. The van der Waals surface area contributed by atoms with Crippen molar-refractivity contribution in [1.82, 2.24) is 0 Å². The first-order chi connectivity index (χ1) is 11.8. The fourth-order valence-corrected chi connectivity index (χ4v) is 3.33. The summed E-state index contributed by atoms with van der Waals surface area (Å²) in [6.07, 6.45) is -2.87. The van der Waals surface area contributed by atoms with Crippen LogP contribution < -0.4 is 0 Å². The maximum Gasteiger partial charge on any atom is 0.303 e. The van der Waals surface area contributed by atoms with Crippen molar-refractivity contribution in [2.45, 2.75) is 57.5 Å². The minimum Gasteiger partial charge on any atom is -0.463 e. The van der Waals surface area contributed by atoms with Crippen molar-refractivity contribution in [3.8, 4) is 0 Å². The Labute approximate surface area is 149 Å². The van der Waals surface area contributed by atoms with Crippen LogP contribution in [0.2, 0.25) is 0 Å². The second-order valence-corrected chi connectivity index (χ2v) is 6.52. The van der Waals surface area contributed by atoms with E-state index in [-0.39, 0.29) is 6.61 Å². The van der Waals surface area contributed by atoms with E-state index in [1.807, 2.05) is 6.92 Å². The average Bonchev–Trinajstić information content (AvgIpc) is 2.50. The standard InChI is InChI=1S/C14H21N3O7S/c1-5-25-14-13(23-9(4)20)11(16-17-15)12(22-8(3)19)10(24-14)6-21-7(2)18/h10-14H,5-6H2,1-4H3/t10-,11+,12+,13-,14+/m1/s1. The van der Waals surface area contributed by atoms with Crippen molar-refractivity contribution in [3.05, 3.63) is 10.4 Å². The second kappa shape index (κ2) is 10.1. The number of carbonyl (C=O) groups excluding carboxylic acids is 3. The fraction of sp³-hybridized carbons (Fsp3) is 0.786. The molecule has 1 aliphatic heterocycles. The Bertz CT molecular complexity index is 553. The first-order valence-corrected chi connectivity index (χ1v) is 8.64. The highest BCUT2D eigenvalue weighted by Gasteiger charge is 2.49. The minimum absolute atomic E-state index is 0.196. The van der Waals surface area contributed by atoms with E-state index in [1.54, 1.807) is 0 Å². The molecule has 1 saturated heterocycles. The molecule has 0 saturated carbocycles. The van der Waals surface area contributed by atoms with E-state index in [9.17, 15) is 14.4 Å². The molecule has 10 nitrogen and oxygen atoms in total. The predicted octanol–water partition coefficient (Wildman–Crippen LogP) is 1.57. The molecule has 140 valence electrons. The zero-order valence-corrected chi connectivity index (χ0v) is 15.2. The van der Waals surface area contributed by atoms with Gasteiger partial charge in [-0.2, -0.15) is 0 Å². The molecular weight excluding hydrogens is 354 g/mol. The Morgan fingerprint density at radius 3 is 2.20 bits per heavy atom. The van der Waals surface area contributed by atoms with Crippen molar-refractivity contribution >= 4 is 29.7 Å². The quantitative estimate of drug-likeness (QED) is 0.215. The second-order valence-electron chi connectivity index (χ2n) is 5.14. The molecule has 5 atom stereocenters. The lowest BCUT2D eigenvalue weighted by Crippen LogP contribution is -2.59. The maximum atomic E-state index is 11.4. The van der Waals surface area contributed by atoms with Crippen LogP contribution in [0.4, 0.5) is 0 Å². The molecule has 0 bridgehead atoms. The Morgan fingerprint density at radius 2 is 1.72 bits per heavy atom. The number of carbonyl (C=O) groups is 3. The molecule has 0 N–H and O–H groups in total. The molecule has 1 aliphatic rings. The van der Waals surface area contributed by atoms with Crippen molar-refractivity contribution in [3.63, 3.8) is 0 Å². The molecule has 1 fully saturated rings. The van der Waals surface area contributed by atoms with Gasteiger partial charge in [-0.15, -0.1) is 11.8 Å². The normalized spacial score (nSPS) is 28.4. The molecule has 0 amide bonds. The van der Waals surface area contributed by atoms with Crippen LogP contribution in [0, 0.1) is 0 Å². The summed E-state index contributed by atoms with van der Waals surface area (Å²) in [6.45, 7) is 5.31. The van der Waals surface area contributed by atoms with Gasteiger partial charge < -0.3 is 18.9 Å². The summed E-state index contributed by atoms with van der Waals surface area (Å²) < 4.78 is 21.3. The van der Waals surface area contributed by atoms with Crippen molar-refractivity contribution < 1.29 is 33.3 Å². The smallest absolute Gasteiger partial charge is 0.303 e. The van der Waals surface area contributed by atoms with Crippen LogP contribution >= 0.6 is 11.8 Å². The SMILES string of the molecule is CCS[C@@H]1O[C@H](COC(C)=O)[C@H](OC(C)=O)[C@H](N=[N+]=[N-])[C@H]1OC(C)=O. The minimum atomic E-state index is -1.06. The van der Waals surface area contributed by atoms with Gasteiger partial charge in [0.1, 0.15) is 36.4 Å². The number of hydrogen-bond acceptors (Lipinski definition) is 9. The van der Waals surface area contributed by atoms with E-state index in [0.717, 1.165) is 0 Å². The van der Waals surface area contributed by atoms with Crippen LogP contribution in [-0.4, -0.2) is 60.1 Å². The Kier molecular flexibility index (Phi) is 8.53. The highest BCUT2D eigenvalue weighted by molar-refractivity contribution is 7.99. The van der Waals surface area contributed by atoms with Crippen LogP contribution in [0.25, 0.3) is 10.4 Å². The van der Waals surface area contributed by atoms with Gasteiger partial charge in [0.2, 0.25) is 0 Å². The van der Waals surface area contributed by atoms with Crippen LogP contribution in [0.3, 0.4) is 0 Å². The van der Waals surface area contributed by atoms with Gasteiger partial charge in [0.05, 0.1) is 0 Å². The molecule has 0 aromatic rings. The molecule has 0 radical (unpaired) electrons. The van der Waals surface area contributed by atoms with Crippen LogP contribution in [-0.2, 0) is 33.3 Å². The first-order valence-electron chi connectivity index (χ1n) is 7.59. The van der Waals surface area contributed by atoms with Gasteiger partial charge in [-0.1, -0.05) is 12.0 Å². The van der Waals surface area contributed by atoms with E-state index in [2.05, 4.69) is 10.0 Å². The summed E-state index contributed by atoms with van der Waals surface area (Å²) in [6, 6.07) is -1.02. The highest BCUT2D eigenvalue weighted by Crippen LogP contribution is 2.34. The molecule has 1 rings (SSSR count). The molecular formula is C14H21N3O7S. The zero-order chi connectivity index (χ0) is 19.0. The first kappa shape index (κ1) is 21.1. The third-order valence-corrected chi connectivity index (χ3v) is 4.23. The van der Waals surface area contributed by atoms with Crippen LogP contribution in [0.1, 0.15) is 27.7 Å². The third kappa shape index (κ3) is 6.45. The van der Waals surface area contributed by atoms with E-state index < -0.39 is 47.7 Å². The number of ether oxygens (including phenoxy) is 4. The molecule has 0 spiro atoms. The van der Waals surface area contributed by atoms with Crippen molar-refractivity contribution in [1.29, 1.82) is 0 Å². The molecule has 1 heterocycles. The summed E-state index contributed by atoms with van der Waals surface area (Å²) in [7, 11) is 0. The number of rotatable bonds is 7. The summed E-state index contributed by atoms with van der Waals surface area (Å²) in [5.41, 5.74) is 8.22. The topological polar surface area (TPSA) is 137 Å². The Hall–Kier alpha value is -1.97. The fourth-order valence-electron chi connectivity index (χ4n) is 2.37. The van der Waals surface area contributed by atoms with E-state index in [4.69, 9.17) is 24.5 Å². The number of thioether (sulfide) groups is 1. The van der Waals surface area contributed by atoms with Gasteiger partial charge in [0.25, 0.3) is 0 Å². The lowest BCUT2D eigenvalue weighted by atomic mass is 9.97. The van der Waals surface area contributed by atoms with Crippen LogP contribution in [0.5, 0.6) is 0 Å². The number of azide groups is 1. The van der Waals surface area contributed by atoms with Crippen molar-refractivity contribution in [2.75, 3.05) is 12.4 Å². The highest BCUT2D eigenvalue weighted by atomic mass is 32.2. The average molecular weight is 375 g/mol. The van der Waals surface area contributed by atoms with E-state index in [0.29, 0.717) is 5.75 Å². The van der Waals surface area contributed by atoms with Gasteiger partial charge in [-0.25, -0.2) is 0 Å². The van der Waals surface area contributed by atoms with E-state index in [1.165, 1.54) is 32.5 Å². The number of esters is 3. The van der Waals surface area contributed by atoms with E-state index >= 15 is 0 Å². The molecule has 25 heavy (non-hydrogen) atoms. The summed E-state index contributed by atoms with van der Waals surface area (Å²) in [5, 5.41) is 3.65.